The Labute approximate surface area is 157 Å². The van der Waals surface area contributed by atoms with Crippen LogP contribution in [0.4, 0.5) is 5.69 Å². The highest BCUT2D eigenvalue weighted by atomic mass is 16.5. The molecular formula is C22H21NO4. The van der Waals surface area contributed by atoms with Gasteiger partial charge in [-0.05, 0) is 40.5 Å². The highest BCUT2D eigenvalue weighted by Gasteiger charge is 2.16. The highest BCUT2D eigenvalue weighted by molar-refractivity contribution is 6.00. The van der Waals surface area contributed by atoms with Gasteiger partial charge in [-0.2, -0.15) is 0 Å². The van der Waals surface area contributed by atoms with Crippen molar-refractivity contribution in [1.82, 2.24) is 0 Å². The van der Waals surface area contributed by atoms with Crippen LogP contribution in [0, 0.1) is 0 Å². The Morgan fingerprint density at radius 3 is 2.33 bits per heavy atom. The molecule has 0 aromatic heterocycles. The fraction of sp³-hybridized carbons (Fsp3) is 0.182. The fourth-order valence-corrected chi connectivity index (χ4v) is 2.90. The van der Waals surface area contributed by atoms with E-state index in [0.717, 1.165) is 16.3 Å². The maximum atomic E-state index is 12.3. The first-order chi connectivity index (χ1) is 13.0. The van der Waals surface area contributed by atoms with Crippen LogP contribution in [0.15, 0.2) is 60.7 Å². The summed E-state index contributed by atoms with van der Waals surface area (Å²) in [6.45, 7) is 3.64. The van der Waals surface area contributed by atoms with E-state index in [0.29, 0.717) is 5.69 Å². The molecule has 0 aliphatic heterocycles. The second-order valence-corrected chi connectivity index (χ2v) is 6.58. The predicted molar refractivity (Wildman–Crippen MR) is 105 cm³/mol. The third-order valence-electron chi connectivity index (χ3n) is 4.28. The molecule has 0 aliphatic carbocycles. The number of esters is 1. The van der Waals surface area contributed by atoms with E-state index in [9.17, 15) is 14.7 Å². The average molecular weight is 363 g/mol. The van der Waals surface area contributed by atoms with Crippen LogP contribution in [-0.4, -0.2) is 23.6 Å². The van der Waals surface area contributed by atoms with Crippen molar-refractivity contribution >= 4 is 28.3 Å². The van der Waals surface area contributed by atoms with Crippen LogP contribution in [0.1, 0.15) is 35.7 Å². The SMILES string of the molecule is CC(C)c1ccccc1NC(=O)COC(=O)c1cc2ccccc2cc1O. The molecule has 0 unspecified atom stereocenters. The maximum Gasteiger partial charge on any atom is 0.342 e. The molecule has 3 aromatic rings. The molecule has 0 fully saturated rings. The van der Waals surface area contributed by atoms with Gasteiger partial charge in [-0.15, -0.1) is 0 Å². The molecule has 0 radical (unpaired) electrons. The van der Waals surface area contributed by atoms with Gasteiger partial charge in [0.1, 0.15) is 11.3 Å². The molecule has 27 heavy (non-hydrogen) atoms. The summed E-state index contributed by atoms with van der Waals surface area (Å²) in [7, 11) is 0. The minimum Gasteiger partial charge on any atom is -0.507 e. The number of phenols is 1. The van der Waals surface area contributed by atoms with Gasteiger partial charge in [-0.3, -0.25) is 4.79 Å². The number of hydrogen-bond donors (Lipinski definition) is 2. The molecule has 0 saturated carbocycles. The molecule has 0 bridgehead atoms. The van der Waals surface area contributed by atoms with Crippen LogP contribution >= 0.6 is 0 Å². The van der Waals surface area contributed by atoms with E-state index < -0.39 is 18.5 Å². The summed E-state index contributed by atoms with van der Waals surface area (Å²) in [5.74, 6) is -1.11. The number of nitrogens with one attached hydrogen (secondary N) is 1. The van der Waals surface area contributed by atoms with Crippen molar-refractivity contribution in [2.75, 3.05) is 11.9 Å². The lowest BCUT2D eigenvalue weighted by Gasteiger charge is -2.14. The third-order valence-corrected chi connectivity index (χ3v) is 4.28. The van der Waals surface area contributed by atoms with E-state index in [1.165, 1.54) is 6.07 Å². The molecule has 0 spiro atoms. The molecule has 0 saturated heterocycles. The zero-order valence-electron chi connectivity index (χ0n) is 15.2. The number of para-hydroxylation sites is 1. The van der Waals surface area contributed by atoms with Crippen LogP contribution in [0.25, 0.3) is 10.8 Å². The third kappa shape index (κ3) is 4.26. The number of amides is 1. The number of anilines is 1. The first kappa shape index (κ1) is 18.5. The number of benzene rings is 3. The number of phenolic OH excluding ortho intramolecular Hbond substituents is 1. The lowest BCUT2D eigenvalue weighted by atomic mass is 10.0. The summed E-state index contributed by atoms with van der Waals surface area (Å²) < 4.78 is 5.08. The van der Waals surface area contributed by atoms with Gasteiger partial charge in [0.15, 0.2) is 6.61 Å². The van der Waals surface area contributed by atoms with Gasteiger partial charge in [-0.25, -0.2) is 4.79 Å². The standard InChI is InChI=1S/C22H21NO4/c1-14(2)17-9-5-6-10-19(17)23-21(25)13-27-22(26)18-11-15-7-3-4-8-16(15)12-20(18)24/h3-12,14,24H,13H2,1-2H3,(H,23,25). The number of carbonyl (C=O) groups excluding carboxylic acids is 2. The van der Waals surface area contributed by atoms with E-state index in [4.69, 9.17) is 4.74 Å². The quantitative estimate of drug-likeness (QED) is 0.656. The Morgan fingerprint density at radius 1 is 1.00 bits per heavy atom. The van der Waals surface area contributed by atoms with Crippen molar-refractivity contribution in [2.45, 2.75) is 19.8 Å². The smallest absolute Gasteiger partial charge is 0.342 e. The molecule has 1 amide bonds. The van der Waals surface area contributed by atoms with Crippen molar-refractivity contribution in [3.8, 4) is 5.75 Å². The van der Waals surface area contributed by atoms with E-state index >= 15 is 0 Å². The molecule has 0 atom stereocenters. The van der Waals surface area contributed by atoms with Crippen molar-refractivity contribution in [3.63, 3.8) is 0 Å². The van der Waals surface area contributed by atoms with Gasteiger partial charge < -0.3 is 15.2 Å². The Morgan fingerprint density at radius 2 is 1.63 bits per heavy atom. The Bertz CT molecular complexity index is 995. The Kier molecular flexibility index (Phi) is 5.41. The molecule has 3 rings (SSSR count). The van der Waals surface area contributed by atoms with Gasteiger partial charge in [0.05, 0.1) is 0 Å². The van der Waals surface area contributed by atoms with E-state index in [-0.39, 0.29) is 17.2 Å². The van der Waals surface area contributed by atoms with E-state index in [1.54, 1.807) is 6.07 Å². The van der Waals surface area contributed by atoms with Crippen LogP contribution in [0.3, 0.4) is 0 Å². The molecule has 3 aromatic carbocycles. The molecule has 0 heterocycles. The van der Waals surface area contributed by atoms with Crippen LogP contribution in [-0.2, 0) is 9.53 Å². The topological polar surface area (TPSA) is 75.6 Å². The largest absolute Gasteiger partial charge is 0.507 e. The number of fused-ring (bicyclic) bond motifs is 1. The van der Waals surface area contributed by atoms with Crippen LogP contribution in [0.5, 0.6) is 5.75 Å². The van der Waals surface area contributed by atoms with Crippen molar-refractivity contribution in [1.29, 1.82) is 0 Å². The van der Waals surface area contributed by atoms with Gasteiger partial charge >= 0.3 is 5.97 Å². The lowest BCUT2D eigenvalue weighted by Crippen LogP contribution is -2.21. The fourth-order valence-electron chi connectivity index (χ4n) is 2.90. The minimum absolute atomic E-state index is 0.0316. The zero-order chi connectivity index (χ0) is 19.4. The van der Waals surface area contributed by atoms with Crippen LogP contribution < -0.4 is 5.32 Å². The molecule has 5 heteroatoms. The normalized spacial score (nSPS) is 10.8. The minimum atomic E-state index is -0.745. The summed E-state index contributed by atoms with van der Waals surface area (Å²) in [5, 5.41) is 14.5. The lowest BCUT2D eigenvalue weighted by molar-refractivity contribution is -0.119. The second-order valence-electron chi connectivity index (χ2n) is 6.58. The van der Waals surface area contributed by atoms with Crippen molar-refractivity contribution in [2.24, 2.45) is 0 Å². The van der Waals surface area contributed by atoms with Crippen LogP contribution in [0.2, 0.25) is 0 Å². The Hall–Kier alpha value is -3.34. The highest BCUT2D eigenvalue weighted by Crippen LogP contribution is 2.26. The first-order valence-electron chi connectivity index (χ1n) is 8.73. The summed E-state index contributed by atoms with van der Waals surface area (Å²) >= 11 is 0. The predicted octanol–water partition coefficient (Wildman–Crippen LogP) is 4.46. The molecule has 5 nitrogen and oxygen atoms in total. The molecule has 138 valence electrons. The summed E-state index contributed by atoms with van der Waals surface area (Å²) in [6, 6.07) is 17.9. The zero-order valence-corrected chi connectivity index (χ0v) is 15.2. The molecule has 2 N–H and O–H groups in total. The van der Waals surface area contributed by atoms with E-state index in [2.05, 4.69) is 5.32 Å². The second kappa shape index (κ2) is 7.91. The average Bonchev–Trinajstić information content (AvgIpc) is 2.65. The number of aromatic hydroxyl groups is 1. The monoisotopic (exact) mass is 363 g/mol. The van der Waals surface area contributed by atoms with Crippen molar-refractivity contribution < 1.29 is 19.4 Å². The van der Waals surface area contributed by atoms with E-state index in [1.807, 2.05) is 62.4 Å². The number of hydrogen-bond acceptors (Lipinski definition) is 4. The first-order valence-corrected chi connectivity index (χ1v) is 8.73. The van der Waals surface area contributed by atoms with Crippen molar-refractivity contribution in [3.05, 3.63) is 71.8 Å². The van der Waals surface area contributed by atoms with Gasteiger partial charge in [0.25, 0.3) is 5.91 Å². The van der Waals surface area contributed by atoms with Gasteiger partial charge in [0, 0.05) is 5.69 Å². The maximum absolute atomic E-state index is 12.3. The molecular weight excluding hydrogens is 342 g/mol. The number of ether oxygens (including phenoxy) is 1. The summed E-state index contributed by atoms with van der Waals surface area (Å²) in [4.78, 5) is 24.4. The van der Waals surface area contributed by atoms with Gasteiger partial charge in [-0.1, -0.05) is 56.3 Å². The molecule has 0 aliphatic rings. The Balaban J connectivity index is 1.67. The number of rotatable bonds is 5. The van der Waals surface area contributed by atoms with Gasteiger partial charge in [0.2, 0.25) is 0 Å². The number of carbonyl (C=O) groups is 2. The summed E-state index contributed by atoms with van der Waals surface area (Å²) in [6.07, 6.45) is 0. The summed E-state index contributed by atoms with van der Waals surface area (Å²) in [5.41, 5.74) is 1.73.